The normalized spacial score (nSPS) is 20.8. The van der Waals surface area contributed by atoms with E-state index in [0.717, 1.165) is 81.4 Å². The van der Waals surface area contributed by atoms with Gasteiger partial charge in [0.2, 0.25) is 5.91 Å². The van der Waals surface area contributed by atoms with Crippen molar-refractivity contribution >= 4 is 34.8 Å². The lowest BCUT2D eigenvalue weighted by Gasteiger charge is -2.36. The molecule has 1 aromatic heterocycles. The Labute approximate surface area is 208 Å². The Balaban J connectivity index is 0.000000455. The first-order valence-corrected chi connectivity index (χ1v) is 12.5. The van der Waals surface area contributed by atoms with E-state index in [1.54, 1.807) is 0 Å². The minimum Gasteiger partial charge on any atom is -0.473 e. The highest BCUT2D eigenvalue weighted by molar-refractivity contribution is 6.27. The Morgan fingerprint density at radius 1 is 0.972 bits per heavy atom. The molecule has 0 spiro atoms. The molecular weight excluding hydrogens is 468 g/mol. The summed E-state index contributed by atoms with van der Waals surface area (Å²) < 4.78 is 5.48. The number of nitrogens with zero attached hydrogens (tertiary/aromatic N) is 4. The first-order chi connectivity index (χ1) is 17.3. The standard InChI is InChI=1S/C23H30N4O3.C2H2O4/c28-21-16-18-6-5-13-26(18)23(29)27(21)12-4-3-11-25-14-9-17(10-15-25)22-19-7-1-2-8-20(19)30-24-22;3-1(4)2(5)6/h1-2,7-8,17-18H,3-6,9-16H2;(H,3,4)(H,5,6). The van der Waals surface area contributed by atoms with E-state index in [9.17, 15) is 9.59 Å². The van der Waals surface area contributed by atoms with Gasteiger partial charge in [-0.15, -0.1) is 0 Å². The molecule has 4 heterocycles. The summed E-state index contributed by atoms with van der Waals surface area (Å²) >= 11 is 0. The third kappa shape index (κ3) is 5.84. The van der Waals surface area contributed by atoms with Crippen molar-refractivity contribution in [1.29, 1.82) is 0 Å². The number of hydrogen-bond acceptors (Lipinski definition) is 7. The molecule has 1 atom stereocenters. The second-order valence-corrected chi connectivity index (χ2v) is 9.52. The van der Waals surface area contributed by atoms with Crippen LogP contribution in [0.25, 0.3) is 11.0 Å². The summed E-state index contributed by atoms with van der Waals surface area (Å²) in [7, 11) is 0. The van der Waals surface area contributed by atoms with Gasteiger partial charge in [0.1, 0.15) is 0 Å². The molecule has 3 amide bonds. The van der Waals surface area contributed by atoms with Crippen molar-refractivity contribution in [2.75, 3.05) is 32.7 Å². The quantitative estimate of drug-likeness (QED) is 0.452. The summed E-state index contributed by atoms with van der Waals surface area (Å²) in [6, 6.07) is 8.19. The monoisotopic (exact) mass is 500 g/mol. The average Bonchev–Trinajstić information content (AvgIpc) is 3.51. The maximum Gasteiger partial charge on any atom is 0.414 e. The van der Waals surface area contributed by atoms with Crippen LogP contribution in [0, 0.1) is 0 Å². The predicted octanol–water partition coefficient (Wildman–Crippen LogP) is 2.76. The van der Waals surface area contributed by atoms with Crippen molar-refractivity contribution in [3.63, 3.8) is 0 Å². The third-order valence-corrected chi connectivity index (χ3v) is 7.23. The van der Waals surface area contributed by atoms with Crippen molar-refractivity contribution in [1.82, 2.24) is 19.9 Å². The molecule has 2 N–H and O–H groups in total. The van der Waals surface area contributed by atoms with E-state index in [2.05, 4.69) is 16.1 Å². The number of para-hydroxylation sites is 1. The van der Waals surface area contributed by atoms with Crippen molar-refractivity contribution < 1.29 is 33.9 Å². The Bertz CT molecular complexity index is 1100. The van der Waals surface area contributed by atoms with Gasteiger partial charge in [-0.3, -0.25) is 9.69 Å². The molecule has 36 heavy (non-hydrogen) atoms. The molecule has 3 aliphatic rings. The number of aliphatic carboxylic acids is 2. The number of unbranched alkanes of at least 4 members (excludes halogenated alkanes) is 1. The smallest absolute Gasteiger partial charge is 0.414 e. The SMILES string of the molecule is O=C(O)C(=O)O.O=C1CC2CCCN2C(=O)N1CCCCN1CCC(c2noc3ccccc23)CC1. The molecule has 0 radical (unpaired) electrons. The lowest BCUT2D eigenvalue weighted by atomic mass is 9.91. The van der Waals surface area contributed by atoms with Crippen molar-refractivity contribution in [2.24, 2.45) is 0 Å². The summed E-state index contributed by atoms with van der Waals surface area (Å²) in [5, 5.41) is 20.3. The minimum absolute atomic E-state index is 0.0174. The maximum atomic E-state index is 12.6. The number of carboxylic acids is 2. The Hall–Kier alpha value is -3.47. The number of carbonyl (C=O) groups is 4. The molecule has 11 nitrogen and oxygen atoms in total. The molecule has 5 rings (SSSR count). The highest BCUT2D eigenvalue weighted by Gasteiger charge is 2.40. The molecule has 0 bridgehead atoms. The average molecular weight is 501 g/mol. The van der Waals surface area contributed by atoms with Crippen molar-refractivity contribution in [3.05, 3.63) is 30.0 Å². The Morgan fingerprint density at radius 3 is 2.39 bits per heavy atom. The summed E-state index contributed by atoms with van der Waals surface area (Å²) in [5.41, 5.74) is 1.98. The van der Waals surface area contributed by atoms with E-state index < -0.39 is 11.9 Å². The van der Waals surface area contributed by atoms with Gasteiger partial charge in [0.25, 0.3) is 0 Å². The van der Waals surface area contributed by atoms with Gasteiger partial charge in [0.05, 0.1) is 5.69 Å². The van der Waals surface area contributed by atoms with E-state index in [4.69, 9.17) is 24.3 Å². The van der Waals surface area contributed by atoms with Gasteiger partial charge in [-0.2, -0.15) is 0 Å². The van der Waals surface area contributed by atoms with Crippen LogP contribution in [-0.4, -0.2) is 92.7 Å². The van der Waals surface area contributed by atoms with Crippen LogP contribution in [0.3, 0.4) is 0 Å². The molecule has 3 aliphatic heterocycles. The number of carboxylic acid groups (broad SMARTS) is 2. The number of likely N-dealkylation sites (tertiary alicyclic amines) is 1. The van der Waals surface area contributed by atoms with E-state index in [-0.39, 0.29) is 18.0 Å². The van der Waals surface area contributed by atoms with Crippen molar-refractivity contribution in [3.8, 4) is 0 Å². The van der Waals surface area contributed by atoms with Crippen LogP contribution >= 0.6 is 0 Å². The number of carbonyl (C=O) groups excluding carboxylic acids is 2. The fourth-order valence-electron chi connectivity index (χ4n) is 5.33. The van der Waals surface area contributed by atoms with Crippen molar-refractivity contribution in [2.45, 2.75) is 56.9 Å². The molecule has 0 aliphatic carbocycles. The van der Waals surface area contributed by atoms with E-state index in [0.29, 0.717) is 18.9 Å². The second-order valence-electron chi connectivity index (χ2n) is 9.52. The lowest BCUT2D eigenvalue weighted by molar-refractivity contribution is -0.159. The molecule has 0 saturated carbocycles. The van der Waals surface area contributed by atoms with Crippen LogP contribution in [0.1, 0.15) is 56.6 Å². The van der Waals surface area contributed by atoms with E-state index >= 15 is 0 Å². The lowest BCUT2D eigenvalue weighted by Crippen LogP contribution is -2.54. The molecule has 3 saturated heterocycles. The van der Waals surface area contributed by atoms with Gasteiger partial charge in [0.15, 0.2) is 5.58 Å². The zero-order chi connectivity index (χ0) is 25.7. The molecule has 1 unspecified atom stereocenters. The molecule has 3 fully saturated rings. The fraction of sp³-hybridized carbons (Fsp3) is 0.560. The van der Waals surface area contributed by atoms with Gasteiger partial charge < -0.3 is 24.5 Å². The largest absolute Gasteiger partial charge is 0.473 e. The zero-order valence-corrected chi connectivity index (χ0v) is 20.2. The minimum atomic E-state index is -1.82. The molecule has 194 valence electrons. The summed E-state index contributed by atoms with van der Waals surface area (Å²) in [6.45, 7) is 4.51. The number of piperidine rings is 1. The van der Waals surface area contributed by atoms with Gasteiger partial charge in [-0.25, -0.2) is 14.4 Å². The van der Waals surface area contributed by atoms with Crippen LogP contribution in [0.4, 0.5) is 4.79 Å². The van der Waals surface area contributed by atoms with Crippen LogP contribution < -0.4 is 0 Å². The highest BCUT2D eigenvalue weighted by atomic mass is 16.5. The topological polar surface area (TPSA) is 144 Å². The second kappa shape index (κ2) is 11.5. The van der Waals surface area contributed by atoms with Gasteiger partial charge in [0, 0.05) is 36.9 Å². The molecule has 1 aromatic carbocycles. The third-order valence-electron chi connectivity index (χ3n) is 7.23. The van der Waals surface area contributed by atoms with Crippen LogP contribution in [0.15, 0.2) is 28.8 Å². The number of urea groups is 1. The molecule has 11 heteroatoms. The van der Waals surface area contributed by atoms with Crippen LogP contribution in [0.5, 0.6) is 0 Å². The Kier molecular flexibility index (Phi) is 8.19. The number of benzene rings is 1. The first-order valence-electron chi connectivity index (χ1n) is 12.5. The zero-order valence-electron chi connectivity index (χ0n) is 20.2. The summed E-state index contributed by atoms with van der Waals surface area (Å²) in [5.74, 6) is -3.17. The number of fused-ring (bicyclic) bond motifs is 2. The van der Waals surface area contributed by atoms with Crippen LogP contribution in [-0.2, 0) is 14.4 Å². The number of imide groups is 1. The maximum absolute atomic E-state index is 12.6. The number of rotatable bonds is 6. The van der Waals surface area contributed by atoms with E-state index in [1.807, 2.05) is 23.1 Å². The fourth-order valence-corrected chi connectivity index (χ4v) is 5.33. The summed E-state index contributed by atoms with van der Waals surface area (Å²) in [6.07, 6.45) is 6.59. The van der Waals surface area contributed by atoms with Gasteiger partial charge >= 0.3 is 18.0 Å². The molecule has 2 aromatic rings. The van der Waals surface area contributed by atoms with E-state index in [1.165, 1.54) is 4.90 Å². The number of amides is 3. The van der Waals surface area contributed by atoms with Gasteiger partial charge in [-0.1, -0.05) is 17.3 Å². The Morgan fingerprint density at radius 2 is 1.67 bits per heavy atom. The number of aromatic nitrogens is 1. The number of hydrogen-bond donors (Lipinski definition) is 2. The van der Waals surface area contributed by atoms with Gasteiger partial charge in [-0.05, 0) is 70.3 Å². The predicted molar refractivity (Wildman–Crippen MR) is 128 cm³/mol. The first kappa shape index (κ1) is 25.6. The van der Waals surface area contributed by atoms with Crippen LogP contribution in [0.2, 0.25) is 0 Å². The summed E-state index contributed by atoms with van der Waals surface area (Å²) in [4.78, 5) is 49.0. The highest BCUT2D eigenvalue weighted by Crippen LogP contribution is 2.32. The molecular formula is C25H32N4O7.